The van der Waals surface area contributed by atoms with Crippen LogP contribution in [-0.2, 0) is 19.5 Å². The molecule has 0 spiro atoms. The second-order valence-electron chi connectivity index (χ2n) is 6.29. The van der Waals surface area contributed by atoms with Gasteiger partial charge in [-0.25, -0.2) is 4.98 Å². The van der Waals surface area contributed by atoms with Gasteiger partial charge in [0.15, 0.2) is 5.82 Å². The number of nitrogens with zero attached hydrogens (tertiary/aromatic N) is 4. The van der Waals surface area contributed by atoms with Crippen LogP contribution in [0.25, 0.3) is 11.5 Å². The van der Waals surface area contributed by atoms with Crippen LogP contribution in [0.15, 0.2) is 47.4 Å². The molecular weight excluding hydrogens is 314 g/mol. The third-order valence-electron chi connectivity index (χ3n) is 4.39. The van der Waals surface area contributed by atoms with Gasteiger partial charge in [0, 0.05) is 37.1 Å². The van der Waals surface area contributed by atoms with Gasteiger partial charge in [-0.3, -0.25) is 19.7 Å². The van der Waals surface area contributed by atoms with E-state index in [1.165, 1.54) is 0 Å². The molecule has 1 aliphatic rings. The number of pyridine rings is 2. The summed E-state index contributed by atoms with van der Waals surface area (Å²) in [6.07, 6.45) is 2.40. The molecule has 1 aliphatic heterocycles. The topological polar surface area (TPSA) is 74.8 Å². The Kier molecular flexibility index (Phi) is 4.11. The van der Waals surface area contributed by atoms with Gasteiger partial charge in [0.2, 0.25) is 0 Å². The predicted octanol–water partition coefficient (Wildman–Crippen LogP) is 2.09. The summed E-state index contributed by atoms with van der Waals surface area (Å²) in [5.74, 6) is 0.528. The smallest absolute Gasteiger partial charge is 0.254 e. The van der Waals surface area contributed by atoms with Crippen LogP contribution >= 0.6 is 0 Å². The quantitative estimate of drug-likeness (QED) is 0.794. The van der Waals surface area contributed by atoms with E-state index in [0.29, 0.717) is 24.5 Å². The van der Waals surface area contributed by atoms with Crippen molar-refractivity contribution in [2.75, 3.05) is 6.54 Å². The first-order valence-electron chi connectivity index (χ1n) is 8.37. The summed E-state index contributed by atoms with van der Waals surface area (Å²) in [6.45, 7) is 4.23. The first kappa shape index (κ1) is 15.7. The highest BCUT2D eigenvalue weighted by atomic mass is 16.1. The van der Waals surface area contributed by atoms with E-state index in [-0.39, 0.29) is 5.56 Å². The van der Waals surface area contributed by atoms with E-state index in [1.807, 2.05) is 43.3 Å². The minimum absolute atomic E-state index is 0.0565. The summed E-state index contributed by atoms with van der Waals surface area (Å²) in [4.78, 5) is 31.1. The monoisotopic (exact) mass is 333 g/mol. The van der Waals surface area contributed by atoms with E-state index in [9.17, 15) is 4.79 Å². The molecule has 0 unspecified atom stereocenters. The molecular formula is C19H19N5O. The normalized spacial score (nSPS) is 14.3. The molecule has 0 atom stereocenters. The Bertz CT molecular complexity index is 952. The maximum atomic E-state index is 12.4. The fourth-order valence-electron chi connectivity index (χ4n) is 3.17. The SMILES string of the molecule is Cc1cccc(CN2CCc3c(nc(-c4ccccn4)[nH]c3=O)C2)n1. The zero-order valence-corrected chi connectivity index (χ0v) is 14.1. The van der Waals surface area contributed by atoms with E-state index < -0.39 is 0 Å². The van der Waals surface area contributed by atoms with Gasteiger partial charge in [-0.05, 0) is 37.6 Å². The van der Waals surface area contributed by atoms with Crippen molar-refractivity contribution in [1.82, 2.24) is 24.8 Å². The average molecular weight is 333 g/mol. The maximum Gasteiger partial charge on any atom is 0.254 e. The van der Waals surface area contributed by atoms with Crippen molar-refractivity contribution < 1.29 is 0 Å². The molecule has 0 aromatic carbocycles. The third kappa shape index (κ3) is 3.34. The van der Waals surface area contributed by atoms with Crippen molar-refractivity contribution in [3.63, 3.8) is 0 Å². The van der Waals surface area contributed by atoms with E-state index in [2.05, 4.69) is 24.8 Å². The molecule has 0 aliphatic carbocycles. The van der Waals surface area contributed by atoms with Crippen LogP contribution in [0, 0.1) is 6.92 Å². The van der Waals surface area contributed by atoms with Gasteiger partial charge >= 0.3 is 0 Å². The molecule has 4 heterocycles. The Morgan fingerprint density at radius 3 is 2.88 bits per heavy atom. The summed E-state index contributed by atoms with van der Waals surface area (Å²) in [6, 6.07) is 11.6. The minimum atomic E-state index is -0.0565. The minimum Gasteiger partial charge on any atom is -0.305 e. The number of H-pyrrole nitrogens is 1. The van der Waals surface area contributed by atoms with Crippen LogP contribution in [0.2, 0.25) is 0 Å². The van der Waals surface area contributed by atoms with Crippen LogP contribution in [0.3, 0.4) is 0 Å². The second kappa shape index (κ2) is 6.57. The highest BCUT2D eigenvalue weighted by molar-refractivity contribution is 5.49. The molecule has 0 saturated carbocycles. The number of hydrogen-bond donors (Lipinski definition) is 1. The van der Waals surface area contributed by atoms with Gasteiger partial charge in [0.1, 0.15) is 5.69 Å². The van der Waals surface area contributed by atoms with Crippen molar-refractivity contribution in [2.24, 2.45) is 0 Å². The largest absolute Gasteiger partial charge is 0.305 e. The maximum absolute atomic E-state index is 12.4. The van der Waals surface area contributed by atoms with Crippen molar-refractivity contribution in [3.05, 3.63) is 75.6 Å². The zero-order chi connectivity index (χ0) is 17.2. The number of hydrogen-bond acceptors (Lipinski definition) is 5. The summed E-state index contributed by atoms with van der Waals surface area (Å²) in [5.41, 5.74) is 4.30. The Balaban J connectivity index is 1.61. The van der Waals surface area contributed by atoms with Crippen molar-refractivity contribution in [2.45, 2.75) is 26.4 Å². The van der Waals surface area contributed by atoms with Crippen molar-refractivity contribution >= 4 is 0 Å². The standard InChI is InChI=1S/C19H19N5O/c1-13-5-4-6-14(21-13)11-24-10-8-15-17(12-24)22-18(23-19(15)25)16-7-2-3-9-20-16/h2-7,9H,8,10-12H2,1H3,(H,22,23,25). The van der Waals surface area contributed by atoms with Crippen LogP contribution in [0.1, 0.15) is 22.6 Å². The Morgan fingerprint density at radius 1 is 1.16 bits per heavy atom. The Labute approximate surface area is 145 Å². The summed E-state index contributed by atoms with van der Waals surface area (Å²) < 4.78 is 0. The highest BCUT2D eigenvalue weighted by Gasteiger charge is 2.22. The molecule has 0 bridgehead atoms. The van der Waals surface area contributed by atoms with Crippen LogP contribution in [0.4, 0.5) is 0 Å². The molecule has 0 radical (unpaired) electrons. The number of aromatic nitrogens is 4. The fraction of sp³-hybridized carbons (Fsp3) is 0.263. The third-order valence-corrected chi connectivity index (χ3v) is 4.39. The Hall–Kier alpha value is -2.86. The summed E-state index contributed by atoms with van der Waals surface area (Å²) >= 11 is 0. The fourth-order valence-corrected chi connectivity index (χ4v) is 3.17. The molecule has 3 aromatic heterocycles. The van der Waals surface area contributed by atoms with E-state index in [4.69, 9.17) is 0 Å². The van der Waals surface area contributed by atoms with Gasteiger partial charge in [0.25, 0.3) is 5.56 Å². The van der Waals surface area contributed by atoms with Crippen molar-refractivity contribution in [3.8, 4) is 11.5 Å². The van der Waals surface area contributed by atoms with Gasteiger partial charge in [-0.1, -0.05) is 12.1 Å². The van der Waals surface area contributed by atoms with Crippen LogP contribution < -0.4 is 5.56 Å². The van der Waals surface area contributed by atoms with E-state index in [1.54, 1.807) is 6.20 Å². The number of fused-ring (bicyclic) bond motifs is 1. The summed E-state index contributed by atoms with van der Waals surface area (Å²) in [7, 11) is 0. The molecule has 126 valence electrons. The van der Waals surface area contributed by atoms with Crippen LogP contribution in [-0.4, -0.2) is 31.4 Å². The van der Waals surface area contributed by atoms with Gasteiger partial charge < -0.3 is 4.98 Å². The van der Waals surface area contributed by atoms with E-state index in [0.717, 1.165) is 35.7 Å². The lowest BCUT2D eigenvalue weighted by Gasteiger charge is -2.27. The molecule has 3 aromatic rings. The molecule has 1 N–H and O–H groups in total. The van der Waals surface area contributed by atoms with Gasteiger partial charge in [0.05, 0.1) is 11.4 Å². The summed E-state index contributed by atoms with van der Waals surface area (Å²) in [5, 5.41) is 0. The number of nitrogens with one attached hydrogen (secondary N) is 1. The lowest BCUT2D eigenvalue weighted by Crippen LogP contribution is -2.35. The lowest BCUT2D eigenvalue weighted by molar-refractivity contribution is 0.237. The second-order valence-corrected chi connectivity index (χ2v) is 6.29. The number of aromatic amines is 1. The first-order valence-corrected chi connectivity index (χ1v) is 8.37. The van der Waals surface area contributed by atoms with Gasteiger partial charge in [-0.2, -0.15) is 0 Å². The van der Waals surface area contributed by atoms with Crippen LogP contribution in [0.5, 0.6) is 0 Å². The lowest BCUT2D eigenvalue weighted by atomic mass is 10.1. The molecule has 25 heavy (non-hydrogen) atoms. The predicted molar refractivity (Wildman–Crippen MR) is 94.9 cm³/mol. The molecule has 0 fully saturated rings. The van der Waals surface area contributed by atoms with Gasteiger partial charge in [-0.15, -0.1) is 0 Å². The molecule has 4 rings (SSSR count). The first-order chi connectivity index (χ1) is 12.2. The number of rotatable bonds is 3. The van der Waals surface area contributed by atoms with Crippen molar-refractivity contribution in [1.29, 1.82) is 0 Å². The molecule has 0 saturated heterocycles. The highest BCUT2D eigenvalue weighted by Crippen LogP contribution is 2.18. The number of aryl methyl sites for hydroxylation is 1. The molecule has 6 nitrogen and oxygen atoms in total. The molecule has 0 amide bonds. The zero-order valence-electron chi connectivity index (χ0n) is 14.1. The van der Waals surface area contributed by atoms with E-state index >= 15 is 0 Å². The molecule has 6 heteroatoms. The Morgan fingerprint density at radius 2 is 2.08 bits per heavy atom. The average Bonchev–Trinajstić information content (AvgIpc) is 2.62.